The van der Waals surface area contributed by atoms with Gasteiger partial charge in [-0.2, -0.15) is 0 Å². The van der Waals surface area contributed by atoms with Crippen LogP contribution < -0.4 is 5.43 Å². The van der Waals surface area contributed by atoms with Crippen LogP contribution in [0.1, 0.15) is 0 Å². The molecule has 1 aromatic heterocycles. The maximum Gasteiger partial charge on any atom is 0.200 e. The van der Waals surface area contributed by atoms with Crippen molar-refractivity contribution in [1.82, 2.24) is 0 Å². The van der Waals surface area contributed by atoms with E-state index in [2.05, 4.69) is 0 Å². The van der Waals surface area contributed by atoms with Crippen LogP contribution in [0.4, 0.5) is 0 Å². The lowest BCUT2D eigenvalue weighted by Crippen LogP contribution is -2.01. The Morgan fingerprint density at radius 3 is 2.30 bits per heavy atom. The van der Waals surface area contributed by atoms with Crippen LogP contribution in [0, 0.1) is 0 Å². The smallest absolute Gasteiger partial charge is 0.200 e. The van der Waals surface area contributed by atoms with Gasteiger partial charge < -0.3 is 4.42 Å². The largest absolute Gasteiger partial charge is 0.456 e. The van der Waals surface area contributed by atoms with Crippen LogP contribution in [-0.2, 0) is 0 Å². The van der Waals surface area contributed by atoms with Crippen LogP contribution >= 0.6 is 11.6 Å². The summed E-state index contributed by atoms with van der Waals surface area (Å²) in [6.45, 7) is 0. The summed E-state index contributed by atoms with van der Waals surface area (Å²) in [5.41, 5.74) is 1.11. The lowest BCUT2D eigenvalue weighted by atomic mass is 10.1. The van der Waals surface area contributed by atoms with Gasteiger partial charge in [-0.25, -0.2) is 0 Å². The second kappa shape index (κ2) is 4.09. The van der Waals surface area contributed by atoms with Gasteiger partial charge in [0.15, 0.2) is 0 Å². The molecule has 3 heteroatoms. The van der Waals surface area contributed by atoms with E-state index in [0.717, 1.165) is 10.8 Å². The minimum atomic E-state index is -0.0468. The number of rotatable bonds is 0. The first-order valence-corrected chi connectivity index (χ1v) is 6.65. The Balaban J connectivity index is 2.26. The van der Waals surface area contributed by atoms with Gasteiger partial charge in [-0.15, -0.1) is 0 Å². The molecule has 0 unspecified atom stereocenters. The first-order valence-electron chi connectivity index (χ1n) is 6.27. The molecule has 0 aliphatic carbocycles. The molecule has 96 valence electrons. The third kappa shape index (κ3) is 1.62. The lowest BCUT2D eigenvalue weighted by Gasteiger charge is -2.04. The molecule has 0 spiro atoms. The summed E-state index contributed by atoms with van der Waals surface area (Å²) in [6, 6.07) is 16.8. The van der Waals surface area contributed by atoms with Crippen LogP contribution in [0.3, 0.4) is 0 Å². The molecule has 0 saturated carbocycles. The van der Waals surface area contributed by atoms with Gasteiger partial charge >= 0.3 is 0 Å². The normalized spacial score (nSPS) is 11.4. The van der Waals surface area contributed by atoms with Crippen LogP contribution in [0.2, 0.25) is 5.02 Å². The predicted molar refractivity (Wildman–Crippen MR) is 82.5 cm³/mol. The standard InChI is InChI=1S/C17H9ClO2/c18-12-5-6-15-14(9-12)17(19)13-7-10-3-1-2-4-11(10)8-16(13)20-15/h1-9H. The molecule has 0 bridgehead atoms. The topological polar surface area (TPSA) is 30.2 Å². The van der Waals surface area contributed by atoms with Crippen molar-refractivity contribution in [2.75, 3.05) is 0 Å². The summed E-state index contributed by atoms with van der Waals surface area (Å²) in [4.78, 5) is 12.6. The fourth-order valence-electron chi connectivity index (χ4n) is 2.51. The lowest BCUT2D eigenvalue weighted by molar-refractivity contribution is 0.660. The Labute approximate surface area is 119 Å². The average molecular weight is 281 g/mol. The van der Waals surface area contributed by atoms with Crippen molar-refractivity contribution in [1.29, 1.82) is 0 Å². The van der Waals surface area contributed by atoms with Gasteiger partial charge in [0.2, 0.25) is 5.43 Å². The summed E-state index contributed by atoms with van der Waals surface area (Å²) in [7, 11) is 0. The SMILES string of the molecule is O=c1c2cc(Cl)ccc2oc2cc3ccccc3cc12. The summed E-state index contributed by atoms with van der Waals surface area (Å²) < 4.78 is 5.83. The van der Waals surface area contributed by atoms with Crippen LogP contribution in [-0.4, -0.2) is 0 Å². The molecular formula is C17H9ClO2. The summed E-state index contributed by atoms with van der Waals surface area (Å²) in [6.07, 6.45) is 0. The Morgan fingerprint density at radius 1 is 0.800 bits per heavy atom. The van der Waals surface area contributed by atoms with Gasteiger partial charge in [0.05, 0.1) is 10.8 Å². The fourth-order valence-corrected chi connectivity index (χ4v) is 2.69. The zero-order valence-corrected chi connectivity index (χ0v) is 11.1. The second-order valence-corrected chi connectivity index (χ2v) is 5.20. The molecule has 0 fully saturated rings. The Hall–Kier alpha value is -2.32. The number of benzene rings is 3. The maximum atomic E-state index is 12.6. The quantitative estimate of drug-likeness (QED) is 0.435. The van der Waals surface area contributed by atoms with E-state index >= 15 is 0 Å². The molecule has 4 rings (SSSR count). The second-order valence-electron chi connectivity index (χ2n) is 4.77. The highest BCUT2D eigenvalue weighted by molar-refractivity contribution is 6.31. The van der Waals surface area contributed by atoms with Gasteiger partial charge in [-0.05, 0) is 41.1 Å². The van der Waals surface area contributed by atoms with E-state index in [1.165, 1.54) is 0 Å². The number of hydrogen-bond donors (Lipinski definition) is 0. The minimum Gasteiger partial charge on any atom is -0.456 e. The maximum absolute atomic E-state index is 12.6. The zero-order chi connectivity index (χ0) is 13.7. The van der Waals surface area contributed by atoms with Gasteiger partial charge in [-0.3, -0.25) is 4.79 Å². The minimum absolute atomic E-state index is 0.0468. The first-order chi connectivity index (χ1) is 9.72. The van der Waals surface area contributed by atoms with Gasteiger partial charge in [0, 0.05) is 5.02 Å². The third-order valence-electron chi connectivity index (χ3n) is 3.50. The highest BCUT2D eigenvalue weighted by Crippen LogP contribution is 2.25. The van der Waals surface area contributed by atoms with E-state index in [0.29, 0.717) is 27.0 Å². The molecule has 0 aliphatic rings. The van der Waals surface area contributed by atoms with Gasteiger partial charge in [0.25, 0.3) is 0 Å². The van der Waals surface area contributed by atoms with Crippen molar-refractivity contribution in [3.8, 4) is 0 Å². The molecule has 0 saturated heterocycles. The molecule has 0 radical (unpaired) electrons. The van der Waals surface area contributed by atoms with E-state index in [-0.39, 0.29) is 5.43 Å². The first kappa shape index (κ1) is 11.5. The molecule has 20 heavy (non-hydrogen) atoms. The van der Waals surface area contributed by atoms with E-state index in [1.807, 2.05) is 36.4 Å². The highest BCUT2D eigenvalue weighted by atomic mass is 35.5. The van der Waals surface area contributed by atoms with Crippen molar-refractivity contribution in [2.24, 2.45) is 0 Å². The third-order valence-corrected chi connectivity index (χ3v) is 3.73. The average Bonchev–Trinajstić information content (AvgIpc) is 2.47. The van der Waals surface area contributed by atoms with E-state index in [4.69, 9.17) is 16.0 Å². The predicted octanol–water partition coefficient (Wildman–Crippen LogP) is 4.75. The Morgan fingerprint density at radius 2 is 1.50 bits per heavy atom. The van der Waals surface area contributed by atoms with Crippen molar-refractivity contribution in [3.05, 3.63) is 69.8 Å². The van der Waals surface area contributed by atoms with E-state index < -0.39 is 0 Å². The fraction of sp³-hybridized carbons (Fsp3) is 0. The van der Waals surface area contributed by atoms with Gasteiger partial charge in [0.1, 0.15) is 11.2 Å². The molecule has 2 nitrogen and oxygen atoms in total. The van der Waals surface area contributed by atoms with Crippen molar-refractivity contribution >= 4 is 44.3 Å². The summed E-state index contributed by atoms with van der Waals surface area (Å²) in [5, 5.41) is 3.70. The molecule has 0 N–H and O–H groups in total. The number of halogens is 1. The zero-order valence-electron chi connectivity index (χ0n) is 10.4. The molecule has 0 amide bonds. The summed E-state index contributed by atoms with van der Waals surface area (Å²) in [5.74, 6) is 0. The van der Waals surface area contributed by atoms with Crippen molar-refractivity contribution in [3.63, 3.8) is 0 Å². The van der Waals surface area contributed by atoms with Crippen LogP contribution in [0.5, 0.6) is 0 Å². The van der Waals surface area contributed by atoms with Gasteiger partial charge in [-0.1, -0.05) is 35.9 Å². The Kier molecular flexibility index (Phi) is 2.35. The van der Waals surface area contributed by atoms with Crippen molar-refractivity contribution < 1.29 is 4.42 Å². The van der Waals surface area contributed by atoms with Crippen LogP contribution in [0.15, 0.2) is 63.8 Å². The van der Waals surface area contributed by atoms with Crippen LogP contribution in [0.25, 0.3) is 32.7 Å². The molecule has 0 aliphatic heterocycles. The molecule has 1 heterocycles. The molecular weight excluding hydrogens is 272 g/mol. The van der Waals surface area contributed by atoms with E-state index in [1.54, 1.807) is 18.2 Å². The number of fused-ring (bicyclic) bond motifs is 3. The van der Waals surface area contributed by atoms with Crippen molar-refractivity contribution in [2.45, 2.75) is 0 Å². The monoisotopic (exact) mass is 280 g/mol. The molecule has 4 aromatic rings. The molecule has 0 atom stereocenters. The number of hydrogen-bond acceptors (Lipinski definition) is 2. The highest BCUT2D eigenvalue weighted by Gasteiger charge is 2.09. The summed E-state index contributed by atoms with van der Waals surface area (Å²) >= 11 is 5.96. The molecule has 3 aromatic carbocycles. The Bertz CT molecular complexity index is 1030. The van der Waals surface area contributed by atoms with E-state index in [9.17, 15) is 4.79 Å².